The lowest BCUT2D eigenvalue weighted by Crippen LogP contribution is -2.67. The van der Waals surface area contributed by atoms with E-state index in [0.29, 0.717) is 38.5 Å². The lowest BCUT2D eigenvalue weighted by molar-refractivity contribution is -0.0691. The van der Waals surface area contributed by atoms with Crippen molar-refractivity contribution in [3.05, 3.63) is 119 Å². The van der Waals surface area contributed by atoms with Gasteiger partial charge in [0.05, 0.1) is 21.2 Å². The van der Waals surface area contributed by atoms with E-state index in [4.69, 9.17) is 0 Å². The van der Waals surface area contributed by atoms with E-state index in [0.717, 1.165) is 22.3 Å². The van der Waals surface area contributed by atoms with Crippen LogP contribution in [0.5, 0.6) is 0 Å². The number of hydrogen-bond acceptors (Lipinski definition) is 4. The number of rotatable bonds is 8. The van der Waals surface area contributed by atoms with Crippen LogP contribution in [0.3, 0.4) is 0 Å². The van der Waals surface area contributed by atoms with Crippen molar-refractivity contribution in [1.29, 1.82) is 0 Å². The summed E-state index contributed by atoms with van der Waals surface area (Å²) in [7, 11) is -18.2. The highest BCUT2D eigenvalue weighted by Gasteiger charge is 2.69. The minimum Gasteiger partial charge on any atom is -0.321 e. The second-order valence-corrected chi connectivity index (χ2v) is 21.0. The molecule has 12 nitrogen and oxygen atoms in total. The molecular weight excluding hydrogens is 724 g/mol. The van der Waals surface area contributed by atoms with Crippen LogP contribution in [0, 0.1) is 0 Å². The molecule has 0 radical (unpaired) electrons. The zero-order valence-electron chi connectivity index (χ0n) is 26.5. The minimum atomic E-state index is -4.54. The molecule has 4 bridgehead atoms. The van der Waals surface area contributed by atoms with Gasteiger partial charge in [-0.2, -0.15) is 0 Å². The lowest BCUT2D eigenvalue weighted by atomic mass is 9.32. The molecule has 4 fully saturated rings. The highest BCUT2D eigenvalue weighted by Crippen LogP contribution is 2.74. The highest BCUT2D eigenvalue weighted by molar-refractivity contribution is 7.61. The fraction of sp³-hybridized carbons (Fsp3) is 0.294. The van der Waals surface area contributed by atoms with Gasteiger partial charge in [-0.05, 0) is 131 Å². The van der Waals surface area contributed by atoms with Crippen molar-refractivity contribution >= 4 is 51.6 Å². The van der Waals surface area contributed by atoms with E-state index in [1.54, 1.807) is 48.5 Å². The SMILES string of the molecule is O=P(O)(O)c1ccc(C23CC4(c5ccc(P(=O)(O)O)cc5)CC(c5ccc(P(=O)(O)O)cc5)(C2)CC(c2ccc(P(=O)(O)O)cc2)(C3)C4)cc1. The molecule has 0 saturated heterocycles. The first kappa shape index (κ1) is 35.9. The first-order valence-corrected chi connectivity index (χ1v) is 22.2. The standard InChI is InChI=1S/C34H36O12P4/c35-47(36,37)27-9-1-23(2-10-27)31-17-32(24-3-11-28(12-4-24)48(38,39)40)20-33(18-31,25-5-13-29(14-6-25)49(41,42)43)22-34(19-31,21-32)26-7-15-30(16-8-26)50(44,45)46/h1-16H,17-22H2,(H2,35,36,37)(H2,38,39,40)(H2,41,42,43)(H2,44,45,46). The topological polar surface area (TPSA) is 230 Å². The molecule has 264 valence electrons. The van der Waals surface area contributed by atoms with Crippen LogP contribution in [-0.4, -0.2) is 39.1 Å². The molecular formula is C34H36O12P4. The number of benzene rings is 4. The molecule has 50 heavy (non-hydrogen) atoms. The van der Waals surface area contributed by atoms with Gasteiger partial charge in [0.2, 0.25) is 0 Å². The molecule has 0 atom stereocenters. The molecule has 4 aromatic carbocycles. The summed E-state index contributed by atoms with van der Waals surface area (Å²) in [5, 5.41) is -0.503. The maximum Gasteiger partial charge on any atom is 0.356 e. The Kier molecular flexibility index (Phi) is 8.24. The molecule has 0 heterocycles. The second kappa shape index (κ2) is 11.5. The van der Waals surface area contributed by atoms with Crippen LogP contribution in [0.2, 0.25) is 0 Å². The molecule has 8 rings (SSSR count). The van der Waals surface area contributed by atoms with Crippen molar-refractivity contribution in [2.24, 2.45) is 0 Å². The van der Waals surface area contributed by atoms with Gasteiger partial charge in [-0.15, -0.1) is 0 Å². The van der Waals surface area contributed by atoms with Crippen LogP contribution < -0.4 is 21.2 Å². The average molecular weight is 761 g/mol. The molecule has 8 N–H and O–H groups in total. The van der Waals surface area contributed by atoms with Crippen molar-refractivity contribution < 1.29 is 57.4 Å². The number of hydrogen-bond donors (Lipinski definition) is 8. The second-order valence-electron chi connectivity index (χ2n) is 14.5. The third-order valence-corrected chi connectivity index (χ3v) is 15.2. The lowest BCUT2D eigenvalue weighted by Gasteiger charge is -2.71. The van der Waals surface area contributed by atoms with Crippen molar-refractivity contribution in [1.82, 2.24) is 0 Å². The quantitative estimate of drug-likeness (QED) is 0.121. The molecule has 0 aromatic heterocycles. The van der Waals surface area contributed by atoms with Crippen LogP contribution in [0.25, 0.3) is 0 Å². The summed E-state index contributed by atoms with van der Waals surface area (Å²) in [5.74, 6) is 0. The molecule has 0 unspecified atom stereocenters. The van der Waals surface area contributed by atoms with Crippen LogP contribution in [0.4, 0.5) is 0 Å². The Hall–Kier alpha value is -2.52. The van der Waals surface area contributed by atoms with E-state index < -0.39 is 52.0 Å². The summed E-state index contributed by atoms with van der Waals surface area (Å²) in [5.41, 5.74) is 0.911. The molecule has 4 saturated carbocycles. The first-order chi connectivity index (χ1) is 23.1. The summed E-state index contributed by atoms with van der Waals surface area (Å²) < 4.78 is 48.5. The molecule has 0 aliphatic heterocycles. The summed E-state index contributed by atoms with van der Waals surface area (Å²) in [6.07, 6.45) is 3.55. The van der Waals surface area contributed by atoms with Gasteiger partial charge in [0, 0.05) is 0 Å². The fourth-order valence-corrected chi connectivity index (χ4v) is 12.0. The summed E-state index contributed by atoms with van der Waals surface area (Å²) in [4.78, 5) is 78.9. The highest BCUT2D eigenvalue weighted by atomic mass is 31.2. The van der Waals surface area contributed by atoms with Gasteiger partial charge in [0.1, 0.15) is 0 Å². The minimum absolute atomic E-state index is 0.126. The largest absolute Gasteiger partial charge is 0.356 e. The Bertz CT molecular complexity index is 1810. The molecule has 0 spiro atoms. The van der Waals surface area contributed by atoms with Crippen molar-refractivity contribution in [3.63, 3.8) is 0 Å². The van der Waals surface area contributed by atoms with E-state index in [9.17, 15) is 57.4 Å². The van der Waals surface area contributed by atoms with Crippen LogP contribution in [0.15, 0.2) is 97.1 Å². The van der Waals surface area contributed by atoms with E-state index in [1.165, 1.54) is 48.5 Å². The Morgan fingerprint density at radius 3 is 0.560 bits per heavy atom. The van der Waals surface area contributed by atoms with E-state index in [2.05, 4.69) is 0 Å². The Morgan fingerprint density at radius 1 is 0.300 bits per heavy atom. The van der Waals surface area contributed by atoms with Gasteiger partial charge in [-0.3, -0.25) is 18.3 Å². The molecule has 4 aliphatic rings. The normalized spacial score (nSPS) is 28.2. The maximum atomic E-state index is 12.1. The third-order valence-electron chi connectivity index (χ3n) is 11.3. The predicted molar refractivity (Wildman–Crippen MR) is 187 cm³/mol. The molecule has 16 heteroatoms. The average Bonchev–Trinajstić information content (AvgIpc) is 3.03. The zero-order valence-corrected chi connectivity index (χ0v) is 30.1. The zero-order chi connectivity index (χ0) is 36.2. The summed E-state index contributed by atoms with van der Waals surface area (Å²) in [6.45, 7) is 0. The van der Waals surface area contributed by atoms with Crippen LogP contribution in [-0.2, 0) is 39.9 Å². The van der Waals surface area contributed by atoms with Crippen molar-refractivity contribution in [2.45, 2.75) is 60.2 Å². The smallest absolute Gasteiger partial charge is 0.321 e. The van der Waals surface area contributed by atoms with E-state index in [-0.39, 0.29) is 21.2 Å². The fourth-order valence-electron chi connectivity index (χ4n) is 9.90. The summed E-state index contributed by atoms with van der Waals surface area (Å²) >= 11 is 0. The van der Waals surface area contributed by atoms with Crippen LogP contribution in [0.1, 0.15) is 60.8 Å². The Labute approximate surface area is 287 Å². The van der Waals surface area contributed by atoms with E-state index >= 15 is 0 Å². The van der Waals surface area contributed by atoms with Gasteiger partial charge in [-0.25, -0.2) is 0 Å². The third kappa shape index (κ3) is 6.10. The Balaban J connectivity index is 1.48. The first-order valence-electron chi connectivity index (χ1n) is 15.8. The monoisotopic (exact) mass is 760 g/mol. The van der Waals surface area contributed by atoms with Crippen molar-refractivity contribution in [3.8, 4) is 0 Å². The van der Waals surface area contributed by atoms with Gasteiger partial charge < -0.3 is 39.1 Å². The predicted octanol–water partition coefficient (Wildman–Crippen LogP) is 3.33. The molecule has 0 amide bonds. The van der Waals surface area contributed by atoms with Crippen LogP contribution >= 0.6 is 30.4 Å². The van der Waals surface area contributed by atoms with Gasteiger partial charge >= 0.3 is 30.4 Å². The van der Waals surface area contributed by atoms with Gasteiger partial charge in [0.15, 0.2) is 0 Å². The maximum absolute atomic E-state index is 12.1. The molecule has 4 aliphatic carbocycles. The summed E-state index contributed by atoms with van der Waals surface area (Å²) in [6, 6.07) is 25.3. The van der Waals surface area contributed by atoms with Crippen molar-refractivity contribution in [2.75, 3.05) is 0 Å². The molecule has 4 aromatic rings. The Morgan fingerprint density at radius 2 is 0.440 bits per heavy atom. The van der Waals surface area contributed by atoms with E-state index in [1.807, 2.05) is 0 Å². The van der Waals surface area contributed by atoms with Gasteiger partial charge in [0.25, 0.3) is 0 Å². The van der Waals surface area contributed by atoms with Gasteiger partial charge in [-0.1, -0.05) is 48.5 Å².